The summed E-state index contributed by atoms with van der Waals surface area (Å²) < 4.78 is 2.07. The summed E-state index contributed by atoms with van der Waals surface area (Å²) in [5.74, 6) is 3.77. The molecule has 1 amide bonds. The van der Waals surface area contributed by atoms with Crippen molar-refractivity contribution in [3.63, 3.8) is 0 Å². The van der Waals surface area contributed by atoms with Crippen LogP contribution < -0.4 is 5.32 Å². The van der Waals surface area contributed by atoms with Crippen molar-refractivity contribution < 1.29 is 4.79 Å². The number of para-hydroxylation sites is 2. The molecule has 2 aromatic rings. The molecule has 21 heavy (non-hydrogen) atoms. The van der Waals surface area contributed by atoms with Gasteiger partial charge in [-0.1, -0.05) is 31.9 Å². The first-order valence-electron chi connectivity index (χ1n) is 7.28. The highest BCUT2D eigenvalue weighted by Crippen LogP contribution is 2.16. The lowest BCUT2D eigenvalue weighted by atomic mass is 10.2. The van der Waals surface area contributed by atoms with Gasteiger partial charge in [0.25, 0.3) is 0 Å². The molecule has 1 N–H and O–H groups in total. The minimum atomic E-state index is 0.0241. The molecule has 0 aliphatic rings. The Balaban J connectivity index is 2.03. The fourth-order valence-corrected chi connectivity index (χ4v) is 2.25. The maximum absolute atomic E-state index is 11.5. The standard InChI is InChI=1S/C17H21N3O/c1-4-12-20-15-9-6-5-8-14(15)19-16(20)10-7-11-18-17(21)13(2)3/h1,5-6,8-9,13H,7,10-12H2,2-3H3,(H,18,21). The molecule has 1 aromatic heterocycles. The summed E-state index contributed by atoms with van der Waals surface area (Å²) in [4.78, 5) is 16.1. The smallest absolute Gasteiger partial charge is 0.222 e. The van der Waals surface area contributed by atoms with Crippen molar-refractivity contribution in [2.45, 2.75) is 33.2 Å². The molecule has 0 spiro atoms. The molecule has 0 fully saturated rings. The number of hydrogen-bond acceptors (Lipinski definition) is 2. The predicted octanol–water partition coefficient (Wildman–Crippen LogP) is 2.37. The van der Waals surface area contributed by atoms with Crippen molar-refractivity contribution in [3.05, 3.63) is 30.1 Å². The van der Waals surface area contributed by atoms with E-state index in [2.05, 4.69) is 20.8 Å². The number of hydrogen-bond donors (Lipinski definition) is 1. The number of benzene rings is 1. The molecule has 1 heterocycles. The third-order valence-electron chi connectivity index (χ3n) is 3.38. The second kappa shape index (κ2) is 6.94. The number of aromatic nitrogens is 2. The Morgan fingerprint density at radius 1 is 1.43 bits per heavy atom. The van der Waals surface area contributed by atoms with Gasteiger partial charge in [0.1, 0.15) is 5.82 Å². The molecule has 110 valence electrons. The number of carbonyl (C=O) groups is 1. The van der Waals surface area contributed by atoms with Crippen molar-refractivity contribution in [2.75, 3.05) is 6.54 Å². The highest BCUT2D eigenvalue weighted by molar-refractivity contribution is 5.77. The van der Waals surface area contributed by atoms with Crippen LogP contribution in [0.25, 0.3) is 11.0 Å². The summed E-state index contributed by atoms with van der Waals surface area (Å²) in [6, 6.07) is 7.99. The molecule has 0 atom stereocenters. The summed E-state index contributed by atoms with van der Waals surface area (Å²) in [5.41, 5.74) is 2.03. The molecule has 0 radical (unpaired) electrons. The maximum Gasteiger partial charge on any atom is 0.222 e. The second-order valence-corrected chi connectivity index (χ2v) is 5.36. The minimum Gasteiger partial charge on any atom is -0.356 e. The van der Waals surface area contributed by atoms with Gasteiger partial charge < -0.3 is 9.88 Å². The summed E-state index contributed by atoms with van der Waals surface area (Å²) in [6.07, 6.45) is 7.11. The number of nitrogens with zero attached hydrogens (tertiary/aromatic N) is 2. The van der Waals surface area contributed by atoms with E-state index in [9.17, 15) is 4.79 Å². The average molecular weight is 283 g/mol. The average Bonchev–Trinajstić information content (AvgIpc) is 2.82. The van der Waals surface area contributed by atoms with Gasteiger partial charge in [-0.15, -0.1) is 6.42 Å². The molecule has 0 bridgehead atoms. The number of nitrogens with one attached hydrogen (secondary N) is 1. The first-order chi connectivity index (χ1) is 10.1. The van der Waals surface area contributed by atoms with Crippen molar-refractivity contribution in [2.24, 2.45) is 5.92 Å². The van der Waals surface area contributed by atoms with E-state index in [0.29, 0.717) is 13.1 Å². The van der Waals surface area contributed by atoms with Crippen LogP contribution >= 0.6 is 0 Å². The van der Waals surface area contributed by atoms with E-state index in [4.69, 9.17) is 6.42 Å². The number of imidazole rings is 1. The maximum atomic E-state index is 11.5. The number of fused-ring (bicyclic) bond motifs is 1. The number of aryl methyl sites for hydroxylation is 1. The second-order valence-electron chi connectivity index (χ2n) is 5.36. The van der Waals surface area contributed by atoms with Gasteiger partial charge in [-0.25, -0.2) is 4.98 Å². The third kappa shape index (κ3) is 3.63. The van der Waals surface area contributed by atoms with Crippen LogP contribution in [0, 0.1) is 18.3 Å². The lowest BCUT2D eigenvalue weighted by molar-refractivity contribution is -0.123. The number of amides is 1. The fourth-order valence-electron chi connectivity index (χ4n) is 2.25. The number of carbonyl (C=O) groups excluding carboxylic acids is 1. The molecule has 0 saturated carbocycles. The molecule has 4 nitrogen and oxygen atoms in total. The van der Waals surface area contributed by atoms with E-state index in [1.165, 1.54) is 0 Å². The summed E-state index contributed by atoms with van der Waals surface area (Å²) >= 11 is 0. The fraction of sp³-hybridized carbons (Fsp3) is 0.412. The Labute approximate surface area is 125 Å². The van der Waals surface area contributed by atoms with E-state index < -0.39 is 0 Å². The monoisotopic (exact) mass is 283 g/mol. The van der Waals surface area contributed by atoms with Gasteiger partial charge >= 0.3 is 0 Å². The topological polar surface area (TPSA) is 46.9 Å². The van der Waals surface area contributed by atoms with Gasteiger partial charge in [-0.05, 0) is 18.6 Å². The predicted molar refractivity (Wildman–Crippen MR) is 84.7 cm³/mol. The first-order valence-corrected chi connectivity index (χ1v) is 7.28. The van der Waals surface area contributed by atoms with E-state index >= 15 is 0 Å². The van der Waals surface area contributed by atoms with E-state index in [1.54, 1.807) is 0 Å². The quantitative estimate of drug-likeness (QED) is 0.653. The van der Waals surface area contributed by atoms with Gasteiger partial charge in [-0.3, -0.25) is 4.79 Å². The van der Waals surface area contributed by atoms with Crippen LogP contribution in [-0.2, 0) is 17.8 Å². The zero-order valence-electron chi connectivity index (χ0n) is 12.6. The molecule has 0 aliphatic carbocycles. The van der Waals surface area contributed by atoms with Crippen molar-refractivity contribution in [1.82, 2.24) is 14.9 Å². The van der Waals surface area contributed by atoms with Crippen LogP contribution in [0.5, 0.6) is 0 Å². The molecule has 0 aliphatic heterocycles. The summed E-state index contributed by atoms with van der Waals surface area (Å²) in [5, 5.41) is 2.92. The first kappa shape index (κ1) is 15.1. The van der Waals surface area contributed by atoms with Crippen LogP contribution in [-0.4, -0.2) is 22.0 Å². The molecule has 0 unspecified atom stereocenters. The Morgan fingerprint density at radius 2 is 2.19 bits per heavy atom. The lowest BCUT2D eigenvalue weighted by Crippen LogP contribution is -2.28. The van der Waals surface area contributed by atoms with Gasteiger partial charge in [0.2, 0.25) is 5.91 Å². The van der Waals surface area contributed by atoms with E-state index in [0.717, 1.165) is 29.7 Å². The van der Waals surface area contributed by atoms with Crippen molar-refractivity contribution in [1.29, 1.82) is 0 Å². The molecule has 4 heteroatoms. The molecule has 2 rings (SSSR count). The van der Waals surface area contributed by atoms with E-state index in [-0.39, 0.29) is 11.8 Å². The van der Waals surface area contributed by atoms with Crippen LogP contribution in [0.15, 0.2) is 24.3 Å². The van der Waals surface area contributed by atoms with E-state index in [1.807, 2.05) is 38.1 Å². The highest BCUT2D eigenvalue weighted by atomic mass is 16.1. The lowest BCUT2D eigenvalue weighted by Gasteiger charge is -2.08. The largest absolute Gasteiger partial charge is 0.356 e. The molecule has 0 saturated heterocycles. The van der Waals surface area contributed by atoms with Gasteiger partial charge in [0.15, 0.2) is 0 Å². The Bertz CT molecular complexity index is 664. The van der Waals surface area contributed by atoms with Crippen LogP contribution in [0.3, 0.4) is 0 Å². The van der Waals surface area contributed by atoms with Crippen LogP contribution in [0.1, 0.15) is 26.1 Å². The van der Waals surface area contributed by atoms with Crippen molar-refractivity contribution in [3.8, 4) is 12.3 Å². The summed E-state index contributed by atoms with van der Waals surface area (Å²) in [7, 11) is 0. The van der Waals surface area contributed by atoms with Crippen molar-refractivity contribution >= 4 is 16.9 Å². The van der Waals surface area contributed by atoms with Gasteiger partial charge in [-0.2, -0.15) is 0 Å². The molecular weight excluding hydrogens is 262 g/mol. The zero-order valence-corrected chi connectivity index (χ0v) is 12.6. The summed E-state index contributed by atoms with van der Waals surface area (Å²) in [6.45, 7) is 4.97. The molecular formula is C17H21N3O. The minimum absolute atomic E-state index is 0.0241. The molecule has 1 aromatic carbocycles. The number of terminal acetylenes is 1. The van der Waals surface area contributed by atoms with Crippen LogP contribution in [0.2, 0.25) is 0 Å². The normalized spacial score (nSPS) is 10.8. The SMILES string of the molecule is C#CCn1c(CCCNC(=O)C(C)C)nc2ccccc21. The Hall–Kier alpha value is -2.28. The van der Waals surface area contributed by atoms with Gasteiger partial charge in [0, 0.05) is 18.9 Å². The third-order valence-corrected chi connectivity index (χ3v) is 3.38. The zero-order chi connectivity index (χ0) is 15.2. The highest BCUT2D eigenvalue weighted by Gasteiger charge is 2.10. The van der Waals surface area contributed by atoms with Gasteiger partial charge in [0.05, 0.1) is 17.6 Å². The number of rotatable bonds is 6. The Kier molecular flexibility index (Phi) is 4.99. The van der Waals surface area contributed by atoms with Crippen LogP contribution in [0.4, 0.5) is 0 Å². The Morgan fingerprint density at radius 3 is 2.90 bits per heavy atom.